The summed E-state index contributed by atoms with van der Waals surface area (Å²) in [6.07, 6.45) is 4.90. The Morgan fingerprint density at radius 3 is 2.50 bits per heavy atom. The van der Waals surface area contributed by atoms with E-state index in [1.54, 1.807) is 20.8 Å². The van der Waals surface area contributed by atoms with Crippen LogP contribution in [0.4, 0.5) is 4.79 Å². The molecule has 0 aromatic heterocycles. The number of alkyl carbamates (subject to hydrolysis) is 1. The molecule has 2 rings (SSSR count). The molecule has 126 valence electrons. The first-order valence-electron chi connectivity index (χ1n) is 8.07. The van der Waals surface area contributed by atoms with E-state index < -0.39 is 23.7 Å². The number of ether oxygens (including phenoxy) is 2. The molecule has 1 aliphatic heterocycles. The third kappa shape index (κ3) is 4.35. The average Bonchev–Trinajstić information content (AvgIpc) is 2.81. The molecule has 2 unspecified atom stereocenters. The van der Waals surface area contributed by atoms with Crippen LogP contribution in [0.3, 0.4) is 0 Å². The lowest BCUT2D eigenvalue weighted by atomic mass is 9.80. The molecule has 1 saturated carbocycles. The molecule has 0 aromatic rings. The second-order valence-corrected chi connectivity index (χ2v) is 7.45. The second-order valence-electron chi connectivity index (χ2n) is 7.45. The fourth-order valence-corrected chi connectivity index (χ4v) is 3.53. The molecule has 1 amide bonds. The fraction of sp³-hybridized carbons (Fsp3) is 0.875. The van der Waals surface area contributed by atoms with E-state index in [2.05, 4.69) is 5.32 Å². The summed E-state index contributed by atoms with van der Waals surface area (Å²) in [4.78, 5) is 23.5. The highest BCUT2D eigenvalue weighted by Crippen LogP contribution is 2.42. The van der Waals surface area contributed by atoms with Crippen LogP contribution in [0.5, 0.6) is 0 Å². The van der Waals surface area contributed by atoms with E-state index in [0.717, 1.165) is 25.7 Å². The molecular weight excluding hydrogens is 286 g/mol. The van der Waals surface area contributed by atoms with E-state index >= 15 is 0 Å². The summed E-state index contributed by atoms with van der Waals surface area (Å²) >= 11 is 0. The monoisotopic (exact) mass is 313 g/mol. The standard InChI is InChI=1S/C16H27NO5/c1-15(2,3)22-14(20)17-12(13(18)19)11-6-9-21-16(10-11)7-4-5-8-16/h11-12H,4-10H2,1-3H3,(H,17,20)(H,18,19). The minimum atomic E-state index is -1.01. The van der Waals surface area contributed by atoms with Crippen LogP contribution in [-0.4, -0.2) is 41.0 Å². The van der Waals surface area contributed by atoms with Gasteiger partial charge in [0.25, 0.3) is 0 Å². The number of hydrogen-bond donors (Lipinski definition) is 2. The Morgan fingerprint density at radius 1 is 1.32 bits per heavy atom. The molecule has 2 N–H and O–H groups in total. The molecular formula is C16H27NO5. The summed E-state index contributed by atoms with van der Waals surface area (Å²) in [5.41, 5.74) is -0.818. The Hall–Kier alpha value is -1.30. The van der Waals surface area contributed by atoms with Gasteiger partial charge in [0.05, 0.1) is 5.60 Å². The SMILES string of the molecule is CC(C)(C)OC(=O)NC(C(=O)O)C1CCOC2(CCCC2)C1. The van der Waals surface area contributed by atoms with Crippen molar-refractivity contribution in [2.45, 2.75) is 76.5 Å². The Labute approximate surface area is 131 Å². The predicted molar refractivity (Wildman–Crippen MR) is 80.7 cm³/mol. The zero-order chi connectivity index (χ0) is 16.4. The van der Waals surface area contributed by atoms with Gasteiger partial charge in [-0.15, -0.1) is 0 Å². The fourth-order valence-electron chi connectivity index (χ4n) is 3.53. The molecule has 0 radical (unpaired) electrons. The molecule has 2 fully saturated rings. The largest absolute Gasteiger partial charge is 0.480 e. The van der Waals surface area contributed by atoms with Gasteiger partial charge in [-0.25, -0.2) is 9.59 Å². The van der Waals surface area contributed by atoms with E-state index in [-0.39, 0.29) is 11.5 Å². The van der Waals surface area contributed by atoms with Gasteiger partial charge in [-0.2, -0.15) is 0 Å². The number of carbonyl (C=O) groups is 2. The summed E-state index contributed by atoms with van der Waals surface area (Å²) < 4.78 is 11.1. The summed E-state index contributed by atoms with van der Waals surface area (Å²) in [5.74, 6) is -1.12. The van der Waals surface area contributed by atoms with E-state index in [0.29, 0.717) is 19.4 Å². The third-order valence-corrected chi connectivity index (χ3v) is 4.46. The molecule has 2 aliphatic rings. The maximum atomic E-state index is 11.9. The molecule has 6 heteroatoms. The zero-order valence-corrected chi connectivity index (χ0v) is 13.7. The third-order valence-electron chi connectivity index (χ3n) is 4.46. The van der Waals surface area contributed by atoms with Crippen LogP contribution in [0, 0.1) is 5.92 Å². The van der Waals surface area contributed by atoms with Crippen molar-refractivity contribution in [1.82, 2.24) is 5.32 Å². The van der Waals surface area contributed by atoms with E-state index in [1.807, 2.05) is 0 Å². The first kappa shape index (κ1) is 17.1. The number of amides is 1. The topological polar surface area (TPSA) is 84.9 Å². The number of rotatable bonds is 3. The Kier molecular flexibility index (Phi) is 5.00. The minimum absolute atomic E-state index is 0.114. The van der Waals surface area contributed by atoms with E-state index in [9.17, 15) is 14.7 Å². The lowest BCUT2D eigenvalue weighted by Crippen LogP contribution is -2.51. The van der Waals surface area contributed by atoms with Crippen LogP contribution in [0.1, 0.15) is 59.3 Å². The molecule has 1 heterocycles. The zero-order valence-electron chi connectivity index (χ0n) is 13.7. The van der Waals surface area contributed by atoms with Gasteiger partial charge in [0.15, 0.2) is 0 Å². The maximum absolute atomic E-state index is 11.9. The van der Waals surface area contributed by atoms with Gasteiger partial charge in [0.2, 0.25) is 0 Å². The minimum Gasteiger partial charge on any atom is -0.480 e. The second kappa shape index (κ2) is 6.44. The van der Waals surface area contributed by atoms with Crippen molar-refractivity contribution in [2.75, 3.05) is 6.61 Å². The highest BCUT2D eigenvalue weighted by Gasteiger charge is 2.44. The summed E-state index contributed by atoms with van der Waals surface area (Å²) in [7, 11) is 0. The smallest absolute Gasteiger partial charge is 0.408 e. The average molecular weight is 313 g/mol. The van der Waals surface area contributed by atoms with Gasteiger partial charge in [-0.3, -0.25) is 0 Å². The van der Waals surface area contributed by atoms with Gasteiger partial charge < -0.3 is 19.9 Å². The van der Waals surface area contributed by atoms with Crippen molar-refractivity contribution in [3.63, 3.8) is 0 Å². The highest BCUT2D eigenvalue weighted by atomic mass is 16.6. The van der Waals surface area contributed by atoms with Gasteiger partial charge >= 0.3 is 12.1 Å². The normalized spacial score (nSPS) is 25.7. The number of nitrogens with one attached hydrogen (secondary N) is 1. The van der Waals surface area contributed by atoms with Gasteiger partial charge in [0, 0.05) is 6.61 Å². The molecule has 0 bridgehead atoms. The Bertz CT molecular complexity index is 423. The van der Waals surface area contributed by atoms with Crippen molar-refractivity contribution in [3.05, 3.63) is 0 Å². The van der Waals surface area contributed by atoms with Gasteiger partial charge in [0.1, 0.15) is 11.6 Å². The molecule has 6 nitrogen and oxygen atoms in total. The lowest BCUT2D eigenvalue weighted by Gasteiger charge is -2.40. The Morgan fingerprint density at radius 2 is 1.95 bits per heavy atom. The lowest BCUT2D eigenvalue weighted by molar-refractivity contribution is -0.145. The van der Waals surface area contributed by atoms with Crippen molar-refractivity contribution in [1.29, 1.82) is 0 Å². The van der Waals surface area contributed by atoms with Crippen molar-refractivity contribution in [2.24, 2.45) is 5.92 Å². The van der Waals surface area contributed by atoms with Crippen LogP contribution in [-0.2, 0) is 14.3 Å². The molecule has 2 atom stereocenters. The summed E-state index contributed by atoms with van der Waals surface area (Å²) in [6, 6.07) is -0.920. The summed E-state index contributed by atoms with van der Waals surface area (Å²) in [5, 5.41) is 12.0. The van der Waals surface area contributed by atoms with Crippen molar-refractivity contribution < 1.29 is 24.2 Å². The van der Waals surface area contributed by atoms with Crippen LogP contribution < -0.4 is 5.32 Å². The van der Waals surface area contributed by atoms with Crippen LogP contribution in [0.25, 0.3) is 0 Å². The van der Waals surface area contributed by atoms with Crippen LogP contribution >= 0.6 is 0 Å². The number of carboxylic acids is 1. The quantitative estimate of drug-likeness (QED) is 0.837. The number of hydrogen-bond acceptors (Lipinski definition) is 4. The van der Waals surface area contributed by atoms with E-state index in [4.69, 9.17) is 9.47 Å². The maximum Gasteiger partial charge on any atom is 0.408 e. The van der Waals surface area contributed by atoms with Crippen LogP contribution in [0.2, 0.25) is 0 Å². The molecule has 0 aromatic carbocycles. The Balaban J connectivity index is 2.01. The number of carboxylic acid groups (broad SMARTS) is 1. The van der Waals surface area contributed by atoms with Gasteiger partial charge in [-0.1, -0.05) is 12.8 Å². The van der Waals surface area contributed by atoms with Crippen molar-refractivity contribution in [3.8, 4) is 0 Å². The van der Waals surface area contributed by atoms with E-state index in [1.165, 1.54) is 0 Å². The van der Waals surface area contributed by atoms with Gasteiger partial charge in [-0.05, 0) is 52.4 Å². The molecule has 1 aliphatic carbocycles. The molecule has 22 heavy (non-hydrogen) atoms. The number of carbonyl (C=O) groups excluding carboxylic acids is 1. The van der Waals surface area contributed by atoms with Crippen molar-refractivity contribution >= 4 is 12.1 Å². The first-order chi connectivity index (χ1) is 10.2. The molecule has 1 saturated heterocycles. The van der Waals surface area contributed by atoms with Crippen LogP contribution in [0.15, 0.2) is 0 Å². The highest BCUT2D eigenvalue weighted by molar-refractivity contribution is 5.80. The predicted octanol–water partition coefficient (Wildman–Crippen LogP) is 2.70. The number of aliphatic carboxylic acids is 1. The first-order valence-corrected chi connectivity index (χ1v) is 8.07. The molecule has 1 spiro atoms. The summed E-state index contributed by atoms with van der Waals surface area (Å²) in [6.45, 7) is 5.82.